The number of rotatable bonds is 2. The summed E-state index contributed by atoms with van der Waals surface area (Å²) in [4.78, 5) is 17.3. The molecule has 1 amide bonds. The summed E-state index contributed by atoms with van der Waals surface area (Å²) in [5.41, 5.74) is 1.32. The molecule has 0 unspecified atom stereocenters. The van der Waals surface area contributed by atoms with Gasteiger partial charge in [-0.05, 0) is 33.8 Å². The molecule has 2 aromatic rings. The van der Waals surface area contributed by atoms with E-state index in [9.17, 15) is 4.79 Å². The van der Waals surface area contributed by atoms with Crippen LogP contribution in [-0.2, 0) is 0 Å². The Morgan fingerprint density at radius 3 is 2.55 bits per heavy atom. The van der Waals surface area contributed by atoms with E-state index in [1.165, 1.54) is 11.3 Å². The predicted molar refractivity (Wildman–Crippen MR) is 84.5 cm³/mol. The molecule has 0 radical (unpaired) electrons. The Morgan fingerprint density at radius 1 is 1.30 bits per heavy atom. The number of hydrogen-bond acceptors (Lipinski definition) is 3. The Kier molecular flexibility index (Phi) is 4.16. The molecule has 106 valence electrons. The number of amides is 1. The Bertz CT molecular complexity index is 644. The molecule has 2 rings (SSSR count). The van der Waals surface area contributed by atoms with E-state index in [4.69, 9.17) is 11.6 Å². The topological polar surface area (TPSA) is 42.0 Å². The number of halogens is 1. The summed E-state index contributed by atoms with van der Waals surface area (Å²) >= 11 is 7.54. The van der Waals surface area contributed by atoms with Crippen LogP contribution in [0.25, 0.3) is 10.6 Å². The molecule has 1 aromatic heterocycles. The number of thiazole rings is 1. The van der Waals surface area contributed by atoms with Gasteiger partial charge in [-0.1, -0.05) is 29.8 Å². The third-order valence-corrected chi connectivity index (χ3v) is 4.11. The average Bonchev–Trinajstić information content (AvgIpc) is 2.69. The van der Waals surface area contributed by atoms with E-state index in [1.54, 1.807) is 0 Å². The van der Waals surface area contributed by atoms with Gasteiger partial charge in [-0.25, -0.2) is 4.98 Å². The summed E-state index contributed by atoms with van der Waals surface area (Å²) in [6.45, 7) is 7.71. The summed E-state index contributed by atoms with van der Waals surface area (Å²) in [6, 6.07) is 7.51. The highest BCUT2D eigenvalue weighted by molar-refractivity contribution is 7.17. The average molecular weight is 309 g/mol. The van der Waals surface area contributed by atoms with Gasteiger partial charge in [0.1, 0.15) is 9.88 Å². The summed E-state index contributed by atoms with van der Waals surface area (Å²) < 4.78 is 0. The highest BCUT2D eigenvalue weighted by Crippen LogP contribution is 2.32. The first-order valence-electron chi connectivity index (χ1n) is 6.33. The number of benzene rings is 1. The molecule has 1 heterocycles. The van der Waals surface area contributed by atoms with E-state index in [0.717, 1.165) is 16.3 Å². The van der Waals surface area contributed by atoms with Crippen LogP contribution in [0, 0.1) is 6.92 Å². The minimum atomic E-state index is -0.266. The fourth-order valence-electron chi connectivity index (χ4n) is 1.75. The molecule has 0 aliphatic heterocycles. The van der Waals surface area contributed by atoms with Gasteiger partial charge in [-0.15, -0.1) is 11.3 Å². The van der Waals surface area contributed by atoms with Crippen LogP contribution in [0.4, 0.5) is 0 Å². The van der Waals surface area contributed by atoms with Gasteiger partial charge in [0.05, 0.1) is 10.7 Å². The Hall–Kier alpha value is -1.39. The van der Waals surface area contributed by atoms with Gasteiger partial charge in [-0.3, -0.25) is 4.79 Å². The maximum absolute atomic E-state index is 12.2. The van der Waals surface area contributed by atoms with Crippen molar-refractivity contribution in [3.05, 3.63) is 39.9 Å². The van der Waals surface area contributed by atoms with Crippen molar-refractivity contribution in [2.75, 3.05) is 0 Å². The van der Waals surface area contributed by atoms with Crippen molar-refractivity contribution in [3.63, 3.8) is 0 Å². The first-order valence-corrected chi connectivity index (χ1v) is 7.52. The first-order chi connectivity index (χ1) is 9.28. The zero-order valence-corrected chi connectivity index (χ0v) is 13.5. The van der Waals surface area contributed by atoms with Gasteiger partial charge in [-0.2, -0.15) is 0 Å². The van der Waals surface area contributed by atoms with Gasteiger partial charge in [0.25, 0.3) is 5.91 Å². The molecule has 0 saturated carbocycles. The van der Waals surface area contributed by atoms with Crippen LogP contribution in [0.1, 0.15) is 36.1 Å². The quantitative estimate of drug-likeness (QED) is 0.898. The molecule has 0 fully saturated rings. The number of nitrogens with one attached hydrogen (secondary N) is 1. The van der Waals surface area contributed by atoms with Crippen molar-refractivity contribution in [3.8, 4) is 10.6 Å². The second-order valence-electron chi connectivity index (χ2n) is 5.62. The Labute approximate surface area is 128 Å². The predicted octanol–water partition coefficient (Wildman–Crippen LogP) is 4.30. The van der Waals surface area contributed by atoms with E-state index < -0.39 is 0 Å². The molecule has 0 atom stereocenters. The van der Waals surface area contributed by atoms with E-state index in [-0.39, 0.29) is 11.4 Å². The van der Waals surface area contributed by atoms with Gasteiger partial charge >= 0.3 is 0 Å². The molecule has 0 bridgehead atoms. The van der Waals surface area contributed by atoms with Crippen molar-refractivity contribution in [2.45, 2.75) is 33.2 Å². The maximum atomic E-state index is 12.2. The van der Waals surface area contributed by atoms with Crippen LogP contribution >= 0.6 is 22.9 Å². The molecule has 0 aliphatic rings. The van der Waals surface area contributed by atoms with E-state index in [0.29, 0.717) is 9.90 Å². The molecule has 3 nitrogen and oxygen atoms in total. The van der Waals surface area contributed by atoms with Gasteiger partial charge in [0, 0.05) is 11.1 Å². The van der Waals surface area contributed by atoms with E-state index in [1.807, 2.05) is 52.0 Å². The largest absolute Gasteiger partial charge is 0.347 e. The molecule has 0 saturated heterocycles. The number of hydrogen-bond donors (Lipinski definition) is 1. The minimum Gasteiger partial charge on any atom is -0.347 e. The molecule has 20 heavy (non-hydrogen) atoms. The maximum Gasteiger partial charge on any atom is 0.263 e. The molecule has 0 spiro atoms. The highest BCUT2D eigenvalue weighted by Gasteiger charge is 2.21. The Morgan fingerprint density at radius 2 is 1.95 bits per heavy atom. The van der Waals surface area contributed by atoms with Crippen molar-refractivity contribution in [1.29, 1.82) is 0 Å². The van der Waals surface area contributed by atoms with Crippen molar-refractivity contribution in [2.24, 2.45) is 0 Å². The SMILES string of the molecule is Cc1nc(-c2ccccc2Cl)sc1C(=O)NC(C)(C)C. The minimum absolute atomic E-state index is 0.0918. The van der Waals surface area contributed by atoms with Gasteiger partial charge in [0.2, 0.25) is 0 Å². The number of carbonyl (C=O) groups excluding carboxylic acids is 1. The number of carbonyl (C=O) groups is 1. The zero-order chi connectivity index (χ0) is 14.9. The molecular weight excluding hydrogens is 292 g/mol. The van der Waals surface area contributed by atoms with Crippen LogP contribution in [-0.4, -0.2) is 16.4 Å². The molecule has 1 aromatic carbocycles. The van der Waals surface area contributed by atoms with Crippen LogP contribution in [0.2, 0.25) is 5.02 Å². The third-order valence-electron chi connectivity index (χ3n) is 2.60. The molecule has 5 heteroatoms. The van der Waals surface area contributed by atoms with Crippen molar-refractivity contribution in [1.82, 2.24) is 10.3 Å². The summed E-state index contributed by atoms with van der Waals surface area (Å²) in [5, 5.41) is 4.37. The normalized spacial score (nSPS) is 11.4. The third kappa shape index (κ3) is 3.38. The summed E-state index contributed by atoms with van der Waals surface area (Å²) in [6.07, 6.45) is 0. The lowest BCUT2D eigenvalue weighted by Gasteiger charge is -2.19. The molecule has 1 N–H and O–H groups in total. The zero-order valence-electron chi connectivity index (χ0n) is 12.0. The molecule has 0 aliphatic carbocycles. The summed E-state index contributed by atoms with van der Waals surface area (Å²) in [5.74, 6) is -0.0918. The number of aryl methyl sites for hydroxylation is 1. The van der Waals surface area contributed by atoms with Crippen LogP contribution in [0.5, 0.6) is 0 Å². The van der Waals surface area contributed by atoms with Crippen LogP contribution in [0.15, 0.2) is 24.3 Å². The fraction of sp³-hybridized carbons (Fsp3) is 0.333. The van der Waals surface area contributed by atoms with Gasteiger partial charge < -0.3 is 5.32 Å². The Balaban J connectivity index is 2.36. The lowest BCUT2D eigenvalue weighted by atomic mass is 10.1. The van der Waals surface area contributed by atoms with Crippen LogP contribution < -0.4 is 5.32 Å². The van der Waals surface area contributed by atoms with Crippen molar-refractivity contribution < 1.29 is 4.79 Å². The molecular formula is C15H17ClN2OS. The lowest BCUT2D eigenvalue weighted by molar-refractivity contribution is 0.0923. The summed E-state index contributed by atoms with van der Waals surface area (Å²) in [7, 11) is 0. The van der Waals surface area contributed by atoms with Crippen molar-refractivity contribution >= 4 is 28.8 Å². The number of nitrogens with zero attached hydrogens (tertiary/aromatic N) is 1. The first kappa shape index (κ1) is 15.0. The van der Waals surface area contributed by atoms with Crippen LogP contribution in [0.3, 0.4) is 0 Å². The second kappa shape index (κ2) is 5.54. The number of aromatic nitrogens is 1. The smallest absolute Gasteiger partial charge is 0.263 e. The van der Waals surface area contributed by atoms with E-state index >= 15 is 0 Å². The lowest BCUT2D eigenvalue weighted by Crippen LogP contribution is -2.40. The highest BCUT2D eigenvalue weighted by atomic mass is 35.5. The second-order valence-corrected chi connectivity index (χ2v) is 7.02. The standard InChI is InChI=1S/C15H17ClN2OS/c1-9-12(13(19)18-15(2,3)4)20-14(17-9)10-7-5-6-8-11(10)16/h5-8H,1-4H3,(H,18,19). The van der Waals surface area contributed by atoms with Gasteiger partial charge in [0.15, 0.2) is 0 Å². The monoisotopic (exact) mass is 308 g/mol. The fourth-order valence-corrected chi connectivity index (χ4v) is 3.04. The van der Waals surface area contributed by atoms with E-state index in [2.05, 4.69) is 10.3 Å².